The molecule has 0 heterocycles. The second-order valence-corrected chi connectivity index (χ2v) is 2.31. The van der Waals surface area contributed by atoms with Crippen molar-refractivity contribution in [3.63, 3.8) is 0 Å². The Hall–Kier alpha value is -0.790. The summed E-state index contributed by atoms with van der Waals surface area (Å²) < 4.78 is 5.06. The van der Waals surface area contributed by atoms with Gasteiger partial charge in [0.25, 0.3) is 0 Å². The molecule has 2 nitrogen and oxygen atoms in total. The molecule has 0 rings (SSSR count). The number of carbonyl (C=O) groups excluding carboxylic acids is 1. The molecule has 0 saturated carbocycles. The number of allylic oxidation sites excluding steroid dienone is 1. The van der Waals surface area contributed by atoms with Gasteiger partial charge in [-0.25, -0.2) is 0 Å². The van der Waals surface area contributed by atoms with E-state index < -0.39 is 0 Å². The van der Waals surface area contributed by atoms with Crippen molar-refractivity contribution in [3.8, 4) is 0 Å². The topological polar surface area (TPSA) is 26.3 Å². The lowest BCUT2D eigenvalue weighted by molar-refractivity contribution is -0.108. The highest BCUT2D eigenvalue weighted by molar-refractivity contribution is 5.49. The molecule has 0 spiro atoms. The molecule has 0 aromatic carbocycles. The first-order valence-electron chi connectivity index (χ1n) is 3.47. The van der Waals surface area contributed by atoms with Crippen LogP contribution in [0.1, 0.15) is 20.3 Å². The molecule has 58 valence electrons. The molecule has 0 aliphatic rings. The maximum Gasteiger partial charge on any atom is 0.120 e. The third kappa shape index (κ3) is 5.35. The van der Waals surface area contributed by atoms with Gasteiger partial charge < -0.3 is 9.53 Å². The van der Waals surface area contributed by atoms with Crippen molar-refractivity contribution >= 4 is 6.29 Å². The highest BCUT2D eigenvalue weighted by atomic mass is 16.5. The number of ether oxygens (including phenoxy) is 1. The van der Waals surface area contributed by atoms with E-state index in [1.54, 1.807) is 6.26 Å². The fourth-order valence-electron chi connectivity index (χ4n) is 0.548. The minimum Gasteiger partial charge on any atom is -0.501 e. The summed E-state index contributed by atoms with van der Waals surface area (Å²) in [6.07, 6.45) is 4.97. The second-order valence-electron chi connectivity index (χ2n) is 2.31. The molecule has 0 aromatic heterocycles. The van der Waals surface area contributed by atoms with Crippen LogP contribution in [0.5, 0.6) is 0 Å². The van der Waals surface area contributed by atoms with E-state index in [4.69, 9.17) is 4.74 Å². The summed E-state index contributed by atoms with van der Waals surface area (Å²) in [5.74, 6) is 0.327. The van der Waals surface area contributed by atoms with E-state index >= 15 is 0 Å². The van der Waals surface area contributed by atoms with Gasteiger partial charge in [0.05, 0.1) is 12.9 Å². The molecular formula is C8H14O2. The van der Waals surface area contributed by atoms with Gasteiger partial charge in [0.1, 0.15) is 6.29 Å². The van der Waals surface area contributed by atoms with Crippen molar-refractivity contribution in [1.29, 1.82) is 0 Å². The number of aldehydes is 1. The summed E-state index contributed by atoms with van der Waals surface area (Å²) in [5.41, 5.74) is 0. The van der Waals surface area contributed by atoms with Gasteiger partial charge in [-0.2, -0.15) is 0 Å². The molecule has 0 N–H and O–H groups in total. The minimum atomic E-state index is 0.327. The van der Waals surface area contributed by atoms with Crippen LogP contribution in [0.25, 0.3) is 0 Å². The zero-order valence-corrected chi connectivity index (χ0v) is 6.54. The highest BCUT2D eigenvalue weighted by Crippen LogP contribution is 1.99. The molecule has 0 aliphatic heterocycles. The Bertz CT molecular complexity index is 108. The van der Waals surface area contributed by atoms with Crippen molar-refractivity contribution in [2.24, 2.45) is 5.92 Å². The van der Waals surface area contributed by atoms with Crippen molar-refractivity contribution in [3.05, 3.63) is 12.3 Å². The zero-order valence-electron chi connectivity index (χ0n) is 6.54. The number of carbonyl (C=O) groups is 1. The Morgan fingerprint density at radius 1 is 1.60 bits per heavy atom. The molecule has 1 atom stereocenters. The average molecular weight is 142 g/mol. The minimum absolute atomic E-state index is 0.327. The molecule has 0 aromatic rings. The van der Waals surface area contributed by atoms with Gasteiger partial charge in [0, 0.05) is 6.42 Å². The summed E-state index contributed by atoms with van der Waals surface area (Å²) in [6.45, 7) is 4.51. The molecule has 0 fully saturated rings. The van der Waals surface area contributed by atoms with Crippen LogP contribution in [0.15, 0.2) is 12.3 Å². The van der Waals surface area contributed by atoms with E-state index in [1.165, 1.54) is 0 Å². The molecule has 0 bridgehead atoms. The van der Waals surface area contributed by atoms with Crippen molar-refractivity contribution in [1.82, 2.24) is 0 Å². The molecule has 0 aliphatic carbocycles. The first kappa shape index (κ1) is 9.21. The zero-order chi connectivity index (χ0) is 7.82. The predicted octanol–water partition coefficient (Wildman–Crippen LogP) is 1.76. The number of hydrogen-bond donors (Lipinski definition) is 0. The smallest absolute Gasteiger partial charge is 0.120 e. The Morgan fingerprint density at radius 3 is 2.80 bits per heavy atom. The fraction of sp³-hybridized carbons (Fsp3) is 0.625. The highest BCUT2D eigenvalue weighted by Gasteiger charge is 1.98. The Kier molecular flexibility index (Phi) is 5.83. The maximum absolute atomic E-state index is 9.97. The first-order chi connectivity index (χ1) is 4.81. The lowest BCUT2D eigenvalue weighted by Crippen LogP contribution is -2.02. The van der Waals surface area contributed by atoms with E-state index in [2.05, 4.69) is 0 Å². The summed E-state index contributed by atoms with van der Waals surface area (Å²) >= 11 is 0. The molecule has 10 heavy (non-hydrogen) atoms. The summed E-state index contributed by atoms with van der Waals surface area (Å²) in [7, 11) is 0. The van der Waals surface area contributed by atoms with Gasteiger partial charge in [-0.1, -0.05) is 13.0 Å². The van der Waals surface area contributed by atoms with E-state index in [1.807, 2.05) is 19.9 Å². The van der Waals surface area contributed by atoms with Gasteiger partial charge >= 0.3 is 0 Å². The summed E-state index contributed by atoms with van der Waals surface area (Å²) in [5, 5.41) is 0. The SMILES string of the molecule is C/C=C/OC[C@H](C)CC=O. The summed E-state index contributed by atoms with van der Waals surface area (Å²) in [4.78, 5) is 9.97. The van der Waals surface area contributed by atoms with E-state index in [0.717, 1.165) is 6.29 Å². The monoisotopic (exact) mass is 142 g/mol. The molecule has 0 saturated heterocycles. The molecule has 0 unspecified atom stereocenters. The predicted molar refractivity (Wildman–Crippen MR) is 40.6 cm³/mol. The lowest BCUT2D eigenvalue weighted by Gasteiger charge is -2.05. The molecule has 0 radical (unpaired) electrons. The van der Waals surface area contributed by atoms with Crippen LogP contribution >= 0.6 is 0 Å². The number of hydrogen-bond acceptors (Lipinski definition) is 2. The fourth-order valence-corrected chi connectivity index (χ4v) is 0.548. The van der Waals surface area contributed by atoms with Crippen LogP contribution in [0.2, 0.25) is 0 Å². The van der Waals surface area contributed by atoms with Gasteiger partial charge in [0.15, 0.2) is 0 Å². The number of rotatable bonds is 5. The van der Waals surface area contributed by atoms with Gasteiger partial charge in [-0.15, -0.1) is 0 Å². The summed E-state index contributed by atoms with van der Waals surface area (Å²) in [6, 6.07) is 0. The molecule has 0 amide bonds. The van der Waals surface area contributed by atoms with Crippen LogP contribution in [-0.4, -0.2) is 12.9 Å². The Morgan fingerprint density at radius 2 is 2.30 bits per heavy atom. The van der Waals surface area contributed by atoms with Crippen molar-refractivity contribution in [2.45, 2.75) is 20.3 Å². The maximum atomic E-state index is 9.97. The van der Waals surface area contributed by atoms with Crippen LogP contribution in [0.4, 0.5) is 0 Å². The third-order valence-corrected chi connectivity index (χ3v) is 1.11. The Labute approximate surface area is 61.9 Å². The first-order valence-corrected chi connectivity index (χ1v) is 3.47. The van der Waals surface area contributed by atoms with E-state index in [9.17, 15) is 4.79 Å². The van der Waals surface area contributed by atoms with Gasteiger partial charge in [0.2, 0.25) is 0 Å². The van der Waals surface area contributed by atoms with E-state index in [-0.39, 0.29) is 0 Å². The third-order valence-electron chi connectivity index (χ3n) is 1.11. The van der Waals surface area contributed by atoms with Gasteiger partial charge in [-0.05, 0) is 12.8 Å². The standard InChI is InChI=1S/C8H14O2/c1-3-6-10-7-8(2)4-5-9/h3,5-6,8H,4,7H2,1-2H3/b6-3+/t8-/m1/s1. The quantitative estimate of drug-likeness (QED) is 0.432. The normalized spacial score (nSPS) is 13.4. The Balaban J connectivity index is 3.20. The largest absolute Gasteiger partial charge is 0.501 e. The van der Waals surface area contributed by atoms with Crippen molar-refractivity contribution < 1.29 is 9.53 Å². The van der Waals surface area contributed by atoms with Crippen molar-refractivity contribution in [2.75, 3.05) is 6.61 Å². The molecular weight excluding hydrogens is 128 g/mol. The van der Waals surface area contributed by atoms with Crippen LogP contribution < -0.4 is 0 Å². The van der Waals surface area contributed by atoms with Gasteiger partial charge in [-0.3, -0.25) is 0 Å². The average Bonchev–Trinajstić information content (AvgIpc) is 1.89. The molecule has 2 heteroatoms. The second kappa shape index (κ2) is 6.33. The van der Waals surface area contributed by atoms with Crippen LogP contribution in [0.3, 0.4) is 0 Å². The van der Waals surface area contributed by atoms with E-state index in [0.29, 0.717) is 18.9 Å². The van der Waals surface area contributed by atoms with Crippen LogP contribution in [0, 0.1) is 5.92 Å². The lowest BCUT2D eigenvalue weighted by atomic mass is 10.1. The van der Waals surface area contributed by atoms with Crippen LogP contribution in [-0.2, 0) is 9.53 Å².